The van der Waals surface area contributed by atoms with Crippen LogP contribution in [-0.4, -0.2) is 28.0 Å². The molecule has 1 fully saturated rings. The first kappa shape index (κ1) is 23.0. The minimum atomic E-state index is -0.317. The second kappa shape index (κ2) is 9.00. The van der Waals surface area contributed by atoms with E-state index in [0.29, 0.717) is 11.8 Å². The van der Waals surface area contributed by atoms with E-state index in [4.69, 9.17) is 14.3 Å². The average Bonchev–Trinajstić information content (AvgIpc) is 3.58. The first-order valence-electron chi connectivity index (χ1n) is 11.9. The molecule has 1 aliphatic carbocycles. The van der Waals surface area contributed by atoms with Crippen LogP contribution in [0.25, 0.3) is 22.3 Å². The second-order valence-corrected chi connectivity index (χ2v) is 9.45. The summed E-state index contributed by atoms with van der Waals surface area (Å²) in [4.78, 5) is 9.53. The summed E-state index contributed by atoms with van der Waals surface area (Å²) in [5.41, 5.74) is 8.01. The Morgan fingerprint density at radius 3 is 2.45 bits per heavy atom. The molecule has 0 bridgehead atoms. The van der Waals surface area contributed by atoms with Crippen molar-refractivity contribution in [3.63, 3.8) is 0 Å². The summed E-state index contributed by atoms with van der Waals surface area (Å²) < 4.78 is 11.5. The summed E-state index contributed by atoms with van der Waals surface area (Å²) in [6.07, 6.45) is 4.27. The second-order valence-electron chi connectivity index (χ2n) is 9.45. The third-order valence-corrected chi connectivity index (χ3v) is 5.65. The van der Waals surface area contributed by atoms with Crippen LogP contribution < -0.4 is 10.1 Å². The number of nitrogens with zero attached hydrogens (tertiary/aromatic N) is 3. The predicted octanol–water partition coefficient (Wildman–Crippen LogP) is 7.13. The molecule has 3 heterocycles. The third-order valence-electron chi connectivity index (χ3n) is 5.65. The van der Waals surface area contributed by atoms with Crippen LogP contribution in [0.2, 0.25) is 0 Å². The van der Waals surface area contributed by atoms with Crippen molar-refractivity contribution in [1.82, 2.24) is 10.1 Å². The largest absolute Gasteiger partial charge is 0.472 e. The van der Waals surface area contributed by atoms with Crippen LogP contribution in [0.4, 0.5) is 11.4 Å². The molecular formula is C27H34N4O2. The smallest absolute Gasteiger partial charge is 0.214 e. The van der Waals surface area contributed by atoms with E-state index in [1.54, 1.807) is 6.20 Å². The zero-order valence-electron chi connectivity index (χ0n) is 20.7. The highest BCUT2D eigenvalue weighted by Crippen LogP contribution is 2.45. The van der Waals surface area contributed by atoms with Gasteiger partial charge in [0.2, 0.25) is 5.88 Å². The molecule has 1 N–H and O–H groups in total. The van der Waals surface area contributed by atoms with Gasteiger partial charge in [-0.15, -0.1) is 0 Å². The minimum absolute atomic E-state index is 0.317. The Bertz CT molecular complexity index is 1160. The lowest BCUT2D eigenvalue weighted by molar-refractivity contribution is 0.124. The summed E-state index contributed by atoms with van der Waals surface area (Å²) in [5, 5.41) is 7.76. The summed E-state index contributed by atoms with van der Waals surface area (Å²) in [7, 11) is 0. The highest BCUT2D eigenvalue weighted by molar-refractivity contribution is 6.02. The number of anilines is 1. The van der Waals surface area contributed by atoms with E-state index in [1.807, 2.05) is 60.6 Å². The van der Waals surface area contributed by atoms with Crippen molar-refractivity contribution in [3.05, 3.63) is 41.9 Å². The van der Waals surface area contributed by atoms with Crippen LogP contribution in [0.1, 0.15) is 58.9 Å². The van der Waals surface area contributed by atoms with Crippen LogP contribution in [-0.2, 0) is 0 Å². The Morgan fingerprint density at radius 2 is 1.82 bits per heavy atom. The van der Waals surface area contributed by atoms with Crippen molar-refractivity contribution in [3.8, 4) is 28.1 Å². The van der Waals surface area contributed by atoms with Crippen molar-refractivity contribution in [2.45, 2.75) is 66.9 Å². The average molecular weight is 447 g/mol. The van der Waals surface area contributed by atoms with Crippen LogP contribution in [0.5, 0.6) is 5.88 Å². The first-order chi connectivity index (χ1) is 15.8. The van der Waals surface area contributed by atoms with Gasteiger partial charge in [0.25, 0.3) is 0 Å². The fraction of sp³-hybridized carbons (Fsp3) is 0.444. The van der Waals surface area contributed by atoms with Gasteiger partial charge in [-0.2, -0.15) is 0 Å². The van der Waals surface area contributed by atoms with Gasteiger partial charge in [-0.05, 0) is 82.7 Å². The Kier molecular flexibility index (Phi) is 6.28. The highest BCUT2D eigenvalue weighted by Gasteiger charge is 2.30. The standard InChI is InChI=1S/C25H28N4O2.C2H6/c1-14-23(15(2)31-29-14)18-10-19(17-8-9-26-22(12-17)30-25(3,4)5)24-20(11-18)27-13-21(28-24)16-6-7-16;1-2/h8-12,16,27H,6-7,13H2,1-5H3;1-2H3. The first-order valence-corrected chi connectivity index (χ1v) is 11.9. The zero-order valence-corrected chi connectivity index (χ0v) is 20.7. The van der Waals surface area contributed by atoms with Crippen molar-refractivity contribution in [2.24, 2.45) is 10.9 Å². The molecule has 5 rings (SSSR count). The number of pyridine rings is 1. The molecular weight excluding hydrogens is 412 g/mol. The number of rotatable bonds is 4. The molecule has 1 aromatic carbocycles. The number of aliphatic imine (C=N–C) groups is 1. The molecule has 0 unspecified atom stereocenters. The van der Waals surface area contributed by atoms with Crippen LogP contribution in [0, 0.1) is 19.8 Å². The fourth-order valence-corrected chi connectivity index (χ4v) is 4.12. The van der Waals surface area contributed by atoms with E-state index in [-0.39, 0.29) is 5.60 Å². The van der Waals surface area contributed by atoms with Gasteiger partial charge in [0.1, 0.15) is 11.4 Å². The lowest BCUT2D eigenvalue weighted by Crippen LogP contribution is -2.23. The van der Waals surface area contributed by atoms with Gasteiger partial charge in [-0.3, -0.25) is 4.99 Å². The third kappa shape index (κ3) is 4.95. The van der Waals surface area contributed by atoms with Gasteiger partial charge >= 0.3 is 0 Å². The van der Waals surface area contributed by atoms with Crippen molar-refractivity contribution < 1.29 is 9.26 Å². The lowest BCUT2D eigenvalue weighted by atomic mass is 9.94. The van der Waals surface area contributed by atoms with Gasteiger partial charge in [-0.25, -0.2) is 4.98 Å². The Balaban J connectivity index is 0.00000126. The molecule has 0 radical (unpaired) electrons. The predicted molar refractivity (Wildman–Crippen MR) is 135 cm³/mol. The van der Waals surface area contributed by atoms with Crippen LogP contribution >= 0.6 is 0 Å². The molecule has 1 saturated carbocycles. The number of aryl methyl sites for hydroxylation is 2. The number of fused-ring (bicyclic) bond motifs is 1. The molecule has 2 aromatic heterocycles. The Morgan fingerprint density at radius 1 is 1.06 bits per heavy atom. The van der Waals surface area contributed by atoms with E-state index in [9.17, 15) is 0 Å². The van der Waals surface area contributed by atoms with E-state index >= 15 is 0 Å². The van der Waals surface area contributed by atoms with Gasteiger partial charge in [0, 0.05) is 29.1 Å². The van der Waals surface area contributed by atoms with Crippen molar-refractivity contribution in [1.29, 1.82) is 0 Å². The van der Waals surface area contributed by atoms with Crippen molar-refractivity contribution in [2.75, 3.05) is 11.9 Å². The number of hydrogen-bond donors (Lipinski definition) is 1. The van der Waals surface area contributed by atoms with Gasteiger partial charge in [0.15, 0.2) is 0 Å². The lowest BCUT2D eigenvalue weighted by Gasteiger charge is -2.23. The maximum atomic E-state index is 6.03. The molecule has 6 heteroatoms. The molecule has 6 nitrogen and oxygen atoms in total. The maximum absolute atomic E-state index is 6.03. The zero-order chi connectivity index (χ0) is 23.8. The Labute approximate surface area is 196 Å². The molecule has 2 aliphatic rings. The molecule has 0 amide bonds. The van der Waals surface area contributed by atoms with E-state index in [0.717, 1.165) is 51.6 Å². The van der Waals surface area contributed by atoms with Crippen LogP contribution in [0.15, 0.2) is 40.0 Å². The molecule has 1 aliphatic heterocycles. The number of nitrogens with one attached hydrogen (secondary N) is 1. The summed E-state index contributed by atoms with van der Waals surface area (Å²) in [6.45, 7) is 14.8. The number of benzene rings is 1. The fourth-order valence-electron chi connectivity index (χ4n) is 4.12. The molecule has 3 aromatic rings. The molecule has 33 heavy (non-hydrogen) atoms. The molecule has 0 atom stereocenters. The van der Waals surface area contributed by atoms with E-state index in [2.05, 4.69) is 27.6 Å². The number of hydrogen-bond acceptors (Lipinski definition) is 6. The quantitative estimate of drug-likeness (QED) is 0.461. The molecule has 0 spiro atoms. The summed E-state index contributed by atoms with van der Waals surface area (Å²) >= 11 is 0. The molecule has 174 valence electrons. The Hall–Kier alpha value is -3.15. The topological polar surface area (TPSA) is 72.5 Å². The maximum Gasteiger partial charge on any atom is 0.214 e. The SMILES string of the molecule is CC.Cc1noc(C)c1-c1cc2c(c(-c3ccnc(OC(C)(C)C)c3)c1)N=C(C1CC1)CN2. The van der Waals surface area contributed by atoms with Gasteiger partial charge in [-0.1, -0.05) is 19.0 Å². The van der Waals surface area contributed by atoms with Crippen molar-refractivity contribution >= 4 is 17.1 Å². The van der Waals surface area contributed by atoms with Crippen LogP contribution in [0.3, 0.4) is 0 Å². The monoisotopic (exact) mass is 446 g/mol. The number of aromatic nitrogens is 2. The van der Waals surface area contributed by atoms with Gasteiger partial charge in [0.05, 0.1) is 23.6 Å². The summed E-state index contributed by atoms with van der Waals surface area (Å²) in [6, 6.07) is 8.36. The van der Waals surface area contributed by atoms with E-state index in [1.165, 1.54) is 18.6 Å². The highest BCUT2D eigenvalue weighted by atomic mass is 16.5. The normalized spacial score (nSPS) is 15.1. The van der Waals surface area contributed by atoms with Gasteiger partial charge < -0.3 is 14.6 Å². The summed E-state index contributed by atoms with van der Waals surface area (Å²) in [5.74, 6) is 2.04. The van der Waals surface area contributed by atoms with E-state index < -0.39 is 0 Å². The molecule has 0 saturated heterocycles. The number of ether oxygens (including phenoxy) is 1. The minimum Gasteiger partial charge on any atom is -0.472 e.